The first kappa shape index (κ1) is 28.4. The van der Waals surface area contributed by atoms with Crippen LogP contribution in [0.15, 0.2) is 11.6 Å². The first-order valence-electron chi connectivity index (χ1n) is 14.3. The van der Waals surface area contributed by atoms with E-state index < -0.39 is 5.60 Å². The van der Waals surface area contributed by atoms with Crippen LogP contribution in [0.1, 0.15) is 105 Å². The van der Waals surface area contributed by atoms with E-state index in [0.29, 0.717) is 56.5 Å². The third-order valence-electron chi connectivity index (χ3n) is 10.4. The summed E-state index contributed by atoms with van der Waals surface area (Å²) < 4.78 is 11.6. The lowest BCUT2D eigenvalue weighted by Crippen LogP contribution is -2.58. The number of allylic oxidation sites excluding steroid dienone is 1. The molecule has 0 aliphatic heterocycles. The Morgan fingerprint density at radius 2 is 1.78 bits per heavy atom. The molecule has 3 fully saturated rings. The fourth-order valence-corrected chi connectivity index (χ4v) is 9.82. The normalized spacial score (nSPS) is 38.6. The SMILES string of the molecule is CCC(=O)OCCCC1(OC(C)=O)CC[C@H]2[C@@H]3C(SC(=O)CC)CC4=CC(=O)CC[C@]4(C)[C@@H]3CC[C@@]21C. The maximum atomic E-state index is 12.7. The molecule has 0 N–H and O–H groups in total. The summed E-state index contributed by atoms with van der Waals surface area (Å²) >= 11 is 1.49. The van der Waals surface area contributed by atoms with Crippen LogP contribution in [0.5, 0.6) is 0 Å². The Kier molecular flexibility index (Phi) is 8.33. The first-order chi connectivity index (χ1) is 17.5. The van der Waals surface area contributed by atoms with Crippen LogP contribution in [0.3, 0.4) is 0 Å². The largest absolute Gasteiger partial charge is 0.466 e. The molecule has 6 nitrogen and oxygen atoms in total. The van der Waals surface area contributed by atoms with Gasteiger partial charge in [-0.3, -0.25) is 19.2 Å². The van der Waals surface area contributed by atoms with Crippen LogP contribution in [0, 0.1) is 28.6 Å². The van der Waals surface area contributed by atoms with Gasteiger partial charge in [0.05, 0.1) is 6.61 Å². The quantitative estimate of drug-likeness (QED) is 0.272. The second-order valence-corrected chi connectivity index (χ2v) is 13.5. The van der Waals surface area contributed by atoms with Crippen LogP contribution in [-0.4, -0.2) is 40.3 Å². The van der Waals surface area contributed by atoms with E-state index in [2.05, 4.69) is 13.8 Å². The minimum Gasteiger partial charge on any atom is -0.466 e. The number of ketones is 1. The van der Waals surface area contributed by atoms with Gasteiger partial charge in [0, 0.05) is 36.9 Å². The van der Waals surface area contributed by atoms with E-state index >= 15 is 0 Å². The molecule has 0 aromatic heterocycles. The van der Waals surface area contributed by atoms with Crippen molar-refractivity contribution in [2.75, 3.05) is 6.61 Å². The van der Waals surface area contributed by atoms with Crippen molar-refractivity contribution in [3.63, 3.8) is 0 Å². The number of esters is 2. The summed E-state index contributed by atoms with van der Waals surface area (Å²) in [7, 11) is 0. The summed E-state index contributed by atoms with van der Waals surface area (Å²) in [4.78, 5) is 49.2. The lowest BCUT2D eigenvalue weighted by Gasteiger charge is -2.61. The Morgan fingerprint density at radius 1 is 1.05 bits per heavy atom. The van der Waals surface area contributed by atoms with Crippen molar-refractivity contribution in [3.05, 3.63) is 11.6 Å². The van der Waals surface area contributed by atoms with Crippen molar-refractivity contribution < 1.29 is 28.7 Å². The Bertz CT molecular complexity index is 973. The summed E-state index contributed by atoms with van der Waals surface area (Å²) in [5, 5.41) is 0.357. The summed E-state index contributed by atoms with van der Waals surface area (Å²) in [6.07, 6.45) is 10.1. The lowest BCUT2D eigenvalue weighted by molar-refractivity contribution is -0.184. The highest BCUT2D eigenvalue weighted by Crippen LogP contribution is 2.70. The van der Waals surface area contributed by atoms with Gasteiger partial charge in [0.25, 0.3) is 0 Å². The summed E-state index contributed by atoms with van der Waals surface area (Å²) in [6.45, 7) is 10.2. The van der Waals surface area contributed by atoms with Crippen LogP contribution in [-0.2, 0) is 28.7 Å². The molecule has 0 aromatic rings. The van der Waals surface area contributed by atoms with Crippen molar-refractivity contribution in [2.24, 2.45) is 28.6 Å². The molecule has 7 heteroatoms. The van der Waals surface area contributed by atoms with Crippen molar-refractivity contribution in [3.8, 4) is 0 Å². The van der Waals surface area contributed by atoms with Gasteiger partial charge in [0.2, 0.25) is 0 Å². The number of carbonyl (C=O) groups is 4. The molecular formula is C30H44O6S. The highest BCUT2D eigenvalue weighted by atomic mass is 32.2. The first-order valence-corrected chi connectivity index (χ1v) is 15.2. The van der Waals surface area contributed by atoms with Crippen molar-refractivity contribution in [1.29, 1.82) is 0 Å². The number of rotatable bonds is 8. The van der Waals surface area contributed by atoms with Gasteiger partial charge in [-0.2, -0.15) is 0 Å². The minimum absolute atomic E-state index is 0.00668. The van der Waals surface area contributed by atoms with Gasteiger partial charge in [-0.05, 0) is 80.6 Å². The van der Waals surface area contributed by atoms with E-state index in [9.17, 15) is 19.2 Å². The van der Waals surface area contributed by atoms with Crippen LogP contribution in [0.4, 0.5) is 0 Å². The molecule has 37 heavy (non-hydrogen) atoms. The minimum atomic E-state index is -0.587. The monoisotopic (exact) mass is 532 g/mol. The van der Waals surface area contributed by atoms with Gasteiger partial charge < -0.3 is 9.47 Å². The molecule has 7 atom stereocenters. The molecule has 0 amide bonds. The third-order valence-corrected chi connectivity index (χ3v) is 11.8. The molecule has 0 spiro atoms. The van der Waals surface area contributed by atoms with Crippen LogP contribution < -0.4 is 0 Å². The molecule has 4 rings (SSSR count). The van der Waals surface area contributed by atoms with Gasteiger partial charge >= 0.3 is 11.9 Å². The second-order valence-electron chi connectivity index (χ2n) is 12.2. The van der Waals surface area contributed by atoms with Crippen LogP contribution in [0.25, 0.3) is 0 Å². The zero-order valence-corrected chi connectivity index (χ0v) is 24.0. The van der Waals surface area contributed by atoms with Crippen molar-refractivity contribution >= 4 is 34.6 Å². The average molecular weight is 533 g/mol. The van der Waals surface area contributed by atoms with Gasteiger partial charge in [0.15, 0.2) is 10.9 Å². The maximum Gasteiger partial charge on any atom is 0.305 e. The Morgan fingerprint density at radius 3 is 2.46 bits per heavy atom. The number of thioether (sulfide) groups is 1. The molecule has 0 saturated heterocycles. The smallest absolute Gasteiger partial charge is 0.305 e. The maximum absolute atomic E-state index is 12.7. The molecule has 4 aliphatic carbocycles. The highest BCUT2D eigenvalue weighted by Gasteiger charge is 2.67. The molecule has 206 valence electrons. The van der Waals surface area contributed by atoms with E-state index in [1.54, 1.807) is 6.92 Å². The molecule has 0 radical (unpaired) electrons. The Balaban J connectivity index is 1.67. The van der Waals surface area contributed by atoms with Crippen molar-refractivity contribution in [1.82, 2.24) is 0 Å². The molecule has 4 aliphatic rings. The molecule has 2 unspecified atom stereocenters. The van der Waals surface area contributed by atoms with E-state index in [1.165, 1.54) is 24.3 Å². The van der Waals surface area contributed by atoms with Gasteiger partial charge in [-0.1, -0.05) is 45.0 Å². The van der Waals surface area contributed by atoms with E-state index in [4.69, 9.17) is 9.47 Å². The lowest BCUT2D eigenvalue weighted by atomic mass is 9.46. The Hall–Kier alpha value is -1.63. The van der Waals surface area contributed by atoms with Gasteiger partial charge in [-0.25, -0.2) is 0 Å². The highest BCUT2D eigenvalue weighted by molar-refractivity contribution is 8.14. The summed E-state index contributed by atoms with van der Waals surface area (Å²) in [5.74, 6) is 0.846. The number of fused-ring (bicyclic) bond motifs is 5. The fourth-order valence-electron chi connectivity index (χ4n) is 8.52. The number of carbonyl (C=O) groups excluding carboxylic acids is 4. The second kappa shape index (κ2) is 10.9. The number of hydrogen-bond donors (Lipinski definition) is 0. The van der Waals surface area contributed by atoms with E-state index in [-0.39, 0.29) is 38.9 Å². The summed E-state index contributed by atoms with van der Waals surface area (Å²) in [6, 6.07) is 0. The van der Waals surface area contributed by atoms with Crippen LogP contribution in [0.2, 0.25) is 0 Å². The molecule has 0 heterocycles. The molecule has 3 saturated carbocycles. The molecule has 0 bridgehead atoms. The van der Waals surface area contributed by atoms with Crippen molar-refractivity contribution in [2.45, 2.75) is 116 Å². The molecular weight excluding hydrogens is 488 g/mol. The predicted octanol–water partition coefficient (Wildman–Crippen LogP) is 6.20. The fraction of sp³-hybridized carbons (Fsp3) is 0.800. The summed E-state index contributed by atoms with van der Waals surface area (Å²) in [5.41, 5.74) is 0.450. The van der Waals surface area contributed by atoms with Crippen LogP contribution >= 0.6 is 11.8 Å². The number of ether oxygens (including phenoxy) is 2. The van der Waals surface area contributed by atoms with E-state index in [1.807, 2.05) is 13.0 Å². The predicted molar refractivity (Wildman–Crippen MR) is 144 cm³/mol. The van der Waals surface area contributed by atoms with Gasteiger partial charge in [-0.15, -0.1) is 0 Å². The zero-order chi connectivity index (χ0) is 27.0. The third kappa shape index (κ3) is 5.06. The van der Waals surface area contributed by atoms with E-state index in [0.717, 1.165) is 38.5 Å². The number of hydrogen-bond acceptors (Lipinski definition) is 7. The average Bonchev–Trinajstić information content (AvgIpc) is 3.13. The Labute approximate surface area is 226 Å². The molecule has 0 aromatic carbocycles. The zero-order valence-electron chi connectivity index (χ0n) is 23.2. The topological polar surface area (TPSA) is 86.7 Å². The standard InChI is InChI=1S/C30H44O6S/c1-6-25(33)35-16-8-12-30(36-19(3)31)15-11-23-27-22(10-14-29(23,30)5)28(4)13-9-21(32)17-20(28)18-24(27)37-26(34)7-2/h17,22-24,27H,6-16,18H2,1-5H3/t22-,23+,24?,27-,28+,29+,30?/m1/s1. The van der Waals surface area contributed by atoms with Gasteiger partial charge in [0.1, 0.15) is 5.60 Å².